The van der Waals surface area contributed by atoms with E-state index in [1.54, 1.807) is 24.5 Å². The Morgan fingerprint density at radius 1 is 1.36 bits per heavy atom. The van der Waals surface area contributed by atoms with Crippen molar-refractivity contribution in [1.29, 1.82) is 0 Å². The molecule has 14 heavy (non-hydrogen) atoms. The Bertz CT molecular complexity index is 413. The van der Waals surface area contributed by atoms with E-state index in [1.807, 2.05) is 0 Å². The molecule has 1 amide bonds. The van der Waals surface area contributed by atoms with Crippen molar-refractivity contribution in [1.82, 2.24) is 10.3 Å². The Morgan fingerprint density at radius 2 is 2.07 bits per heavy atom. The molecule has 4 nitrogen and oxygen atoms in total. The predicted octanol–water partition coefficient (Wildman–Crippen LogP) is 0.675. The number of thiocarbonyl (C=S) groups is 1. The summed E-state index contributed by atoms with van der Waals surface area (Å²) in [5.74, 6) is -0.114. The number of carbonyl (C=O) groups excluding carboxylic acids is 1. The van der Waals surface area contributed by atoms with Gasteiger partial charge in [0, 0.05) is 12.4 Å². The molecule has 1 aliphatic heterocycles. The first kappa shape index (κ1) is 8.96. The average molecular weight is 205 g/mol. The van der Waals surface area contributed by atoms with Crippen LogP contribution in [-0.2, 0) is 4.79 Å². The van der Waals surface area contributed by atoms with Gasteiger partial charge in [0.1, 0.15) is 0 Å². The SMILES string of the molecule is O=C1CC(c2ccncc2)=NC(=S)N1. The molecule has 0 saturated carbocycles. The summed E-state index contributed by atoms with van der Waals surface area (Å²) >= 11 is 4.82. The second-order valence-electron chi connectivity index (χ2n) is 2.82. The van der Waals surface area contributed by atoms with Gasteiger partial charge in [0.25, 0.3) is 0 Å². The fourth-order valence-electron chi connectivity index (χ4n) is 1.22. The minimum absolute atomic E-state index is 0.114. The van der Waals surface area contributed by atoms with E-state index in [0.29, 0.717) is 5.71 Å². The summed E-state index contributed by atoms with van der Waals surface area (Å²) in [5.41, 5.74) is 1.58. The zero-order chi connectivity index (χ0) is 9.97. The fraction of sp³-hybridized carbons (Fsp3) is 0.111. The van der Waals surface area contributed by atoms with Gasteiger partial charge in [-0.15, -0.1) is 0 Å². The van der Waals surface area contributed by atoms with Gasteiger partial charge in [-0.25, -0.2) is 4.99 Å². The standard InChI is InChI=1S/C9H7N3OS/c13-8-5-7(11-9(14)12-8)6-1-3-10-4-2-6/h1-4H,5H2,(H,12,13,14). The molecular formula is C9H7N3OS. The largest absolute Gasteiger partial charge is 0.301 e. The van der Waals surface area contributed by atoms with Crippen molar-refractivity contribution in [2.45, 2.75) is 6.42 Å². The van der Waals surface area contributed by atoms with E-state index in [-0.39, 0.29) is 17.4 Å². The summed E-state index contributed by atoms with van der Waals surface area (Å²) in [6, 6.07) is 3.61. The number of hydrogen-bond acceptors (Lipinski definition) is 3. The summed E-state index contributed by atoms with van der Waals surface area (Å²) in [6.07, 6.45) is 3.59. The highest BCUT2D eigenvalue weighted by molar-refractivity contribution is 7.80. The van der Waals surface area contributed by atoms with Gasteiger partial charge in [0.2, 0.25) is 5.91 Å². The van der Waals surface area contributed by atoms with Crippen molar-refractivity contribution in [2.75, 3.05) is 0 Å². The van der Waals surface area contributed by atoms with E-state index in [2.05, 4.69) is 15.3 Å². The molecule has 0 spiro atoms. The Morgan fingerprint density at radius 3 is 2.71 bits per heavy atom. The number of aliphatic imine (C=N–C) groups is 1. The number of aromatic nitrogens is 1. The smallest absolute Gasteiger partial charge is 0.232 e. The number of rotatable bonds is 1. The van der Waals surface area contributed by atoms with Crippen molar-refractivity contribution in [3.8, 4) is 0 Å². The first-order valence-corrected chi connectivity index (χ1v) is 4.48. The lowest BCUT2D eigenvalue weighted by molar-refractivity contribution is -0.118. The molecule has 70 valence electrons. The summed E-state index contributed by atoms with van der Waals surface area (Å²) in [6.45, 7) is 0. The Hall–Kier alpha value is -1.62. The van der Waals surface area contributed by atoms with Crippen LogP contribution in [0.2, 0.25) is 0 Å². The van der Waals surface area contributed by atoms with Crippen molar-refractivity contribution < 1.29 is 4.79 Å². The third-order valence-corrected chi connectivity index (χ3v) is 2.02. The van der Waals surface area contributed by atoms with Crippen LogP contribution in [-0.4, -0.2) is 21.7 Å². The number of nitrogens with one attached hydrogen (secondary N) is 1. The molecule has 1 N–H and O–H groups in total. The van der Waals surface area contributed by atoms with Gasteiger partial charge < -0.3 is 5.32 Å². The van der Waals surface area contributed by atoms with Crippen LogP contribution in [0.25, 0.3) is 0 Å². The maximum Gasteiger partial charge on any atom is 0.232 e. The van der Waals surface area contributed by atoms with Gasteiger partial charge in [-0.1, -0.05) is 0 Å². The summed E-state index contributed by atoms with van der Waals surface area (Å²) in [5, 5.41) is 2.70. The van der Waals surface area contributed by atoms with E-state index < -0.39 is 0 Å². The van der Waals surface area contributed by atoms with Crippen LogP contribution in [0.3, 0.4) is 0 Å². The van der Waals surface area contributed by atoms with E-state index in [1.165, 1.54) is 0 Å². The fourth-order valence-corrected chi connectivity index (χ4v) is 1.44. The molecule has 0 unspecified atom stereocenters. The molecule has 2 heterocycles. The van der Waals surface area contributed by atoms with Gasteiger partial charge in [0.15, 0.2) is 5.11 Å². The van der Waals surface area contributed by atoms with Crippen molar-refractivity contribution in [2.24, 2.45) is 4.99 Å². The maximum absolute atomic E-state index is 11.2. The molecule has 0 fully saturated rings. The summed E-state index contributed by atoms with van der Waals surface area (Å²) < 4.78 is 0. The normalized spacial score (nSPS) is 16.1. The molecule has 2 rings (SSSR count). The van der Waals surface area contributed by atoms with Gasteiger partial charge in [-0.3, -0.25) is 9.78 Å². The number of carbonyl (C=O) groups is 1. The van der Waals surface area contributed by atoms with Gasteiger partial charge in [0.05, 0.1) is 12.1 Å². The van der Waals surface area contributed by atoms with Crippen LogP contribution in [0.15, 0.2) is 29.5 Å². The van der Waals surface area contributed by atoms with Crippen LogP contribution in [0.4, 0.5) is 0 Å². The quantitative estimate of drug-likeness (QED) is 0.686. The molecule has 0 saturated heterocycles. The van der Waals surface area contributed by atoms with Crippen molar-refractivity contribution >= 4 is 28.9 Å². The topological polar surface area (TPSA) is 54.4 Å². The molecule has 0 radical (unpaired) electrons. The second kappa shape index (κ2) is 3.63. The molecule has 1 aliphatic rings. The predicted molar refractivity (Wildman–Crippen MR) is 56.1 cm³/mol. The molecule has 0 aliphatic carbocycles. The highest BCUT2D eigenvalue weighted by Crippen LogP contribution is 2.06. The number of hydrogen-bond donors (Lipinski definition) is 1. The lowest BCUT2D eigenvalue weighted by Gasteiger charge is -2.12. The van der Waals surface area contributed by atoms with Crippen LogP contribution < -0.4 is 5.32 Å². The zero-order valence-electron chi connectivity index (χ0n) is 7.23. The van der Waals surface area contributed by atoms with Gasteiger partial charge in [-0.2, -0.15) is 0 Å². The number of pyridine rings is 1. The number of amides is 1. The lowest BCUT2D eigenvalue weighted by Crippen LogP contribution is -2.35. The Balaban J connectivity index is 2.35. The van der Waals surface area contributed by atoms with Gasteiger partial charge in [-0.05, 0) is 29.9 Å². The second-order valence-corrected chi connectivity index (χ2v) is 3.21. The molecule has 0 atom stereocenters. The third kappa shape index (κ3) is 1.82. The summed E-state index contributed by atoms with van der Waals surface area (Å²) in [4.78, 5) is 19.1. The van der Waals surface area contributed by atoms with Gasteiger partial charge >= 0.3 is 0 Å². The molecule has 1 aromatic heterocycles. The minimum atomic E-state index is -0.114. The third-order valence-electron chi connectivity index (χ3n) is 1.82. The van der Waals surface area contributed by atoms with E-state index >= 15 is 0 Å². The summed E-state index contributed by atoms with van der Waals surface area (Å²) in [7, 11) is 0. The van der Waals surface area contributed by atoms with E-state index in [4.69, 9.17) is 12.2 Å². The molecular weight excluding hydrogens is 198 g/mol. The molecule has 5 heteroatoms. The number of nitrogens with zero attached hydrogens (tertiary/aromatic N) is 2. The monoisotopic (exact) mass is 205 g/mol. The Kier molecular flexibility index (Phi) is 2.32. The van der Waals surface area contributed by atoms with Crippen LogP contribution in [0.1, 0.15) is 12.0 Å². The first-order chi connectivity index (χ1) is 6.75. The first-order valence-electron chi connectivity index (χ1n) is 4.07. The van der Waals surface area contributed by atoms with Crippen LogP contribution >= 0.6 is 12.2 Å². The van der Waals surface area contributed by atoms with Crippen LogP contribution in [0, 0.1) is 0 Å². The van der Waals surface area contributed by atoms with Crippen molar-refractivity contribution in [3.63, 3.8) is 0 Å². The molecule has 0 bridgehead atoms. The Labute approximate surface area is 86.1 Å². The minimum Gasteiger partial charge on any atom is -0.301 e. The zero-order valence-corrected chi connectivity index (χ0v) is 8.04. The van der Waals surface area contributed by atoms with E-state index in [0.717, 1.165) is 5.56 Å². The maximum atomic E-state index is 11.2. The average Bonchev–Trinajstić information content (AvgIpc) is 2.18. The van der Waals surface area contributed by atoms with E-state index in [9.17, 15) is 4.79 Å². The molecule has 0 aromatic carbocycles. The highest BCUT2D eigenvalue weighted by atomic mass is 32.1. The highest BCUT2D eigenvalue weighted by Gasteiger charge is 2.16. The van der Waals surface area contributed by atoms with Crippen LogP contribution in [0.5, 0.6) is 0 Å². The van der Waals surface area contributed by atoms with Crippen molar-refractivity contribution in [3.05, 3.63) is 30.1 Å². The lowest BCUT2D eigenvalue weighted by atomic mass is 10.1. The molecule has 1 aromatic rings.